The molecule has 0 radical (unpaired) electrons. The van der Waals surface area contributed by atoms with E-state index >= 15 is 0 Å². The molecule has 2 heteroatoms. The second-order valence-corrected chi connectivity index (χ2v) is 4.51. The molecular formula is C11H20O2. The van der Waals surface area contributed by atoms with Crippen molar-refractivity contribution in [3.05, 3.63) is 0 Å². The van der Waals surface area contributed by atoms with Crippen LogP contribution in [0.1, 0.15) is 40.0 Å². The molecule has 13 heavy (non-hydrogen) atoms. The zero-order valence-corrected chi connectivity index (χ0v) is 8.88. The summed E-state index contributed by atoms with van der Waals surface area (Å²) < 4.78 is 5.05. The van der Waals surface area contributed by atoms with Gasteiger partial charge in [-0.25, -0.2) is 0 Å². The first-order valence-electron chi connectivity index (χ1n) is 5.28. The number of ether oxygens (including phenoxy) is 1. The lowest BCUT2D eigenvalue weighted by Crippen LogP contribution is -2.31. The van der Waals surface area contributed by atoms with Crippen molar-refractivity contribution in [2.24, 2.45) is 17.8 Å². The van der Waals surface area contributed by atoms with Crippen molar-refractivity contribution in [1.29, 1.82) is 0 Å². The van der Waals surface area contributed by atoms with Crippen LogP contribution >= 0.6 is 0 Å². The van der Waals surface area contributed by atoms with Gasteiger partial charge in [0.2, 0.25) is 0 Å². The van der Waals surface area contributed by atoms with E-state index in [1.165, 1.54) is 0 Å². The van der Waals surface area contributed by atoms with Gasteiger partial charge >= 0.3 is 5.97 Å². The molecule has 0 aromatic rings. The fourth-order valence-corrected chi connectivity index (χ4v) is 1.80. The van der Waals surface area contributed by atoms with Crippen LogP contribution < -0.4 is 0 Å². The molecule has 1 aliphatic rings. The van der Waals surface area contributed by atoms with Crippen molar-refractivity contribution in [3.8, 4) is 0 Å². The highest BCUT2D eigenvalue weighted by atomic mass is 16.5. The monoisotopic (exact) mass is 184 g/mol. The second-order valence-electron chi connectivity index (χ2n) is 4.51. The van der Waals surface area contributed by atoms with Crippen molar-refractivity contribution in [3.63, 3.8) is 0 Å². The Morgan fingerprint density at radius 2 is 2.23 bits per heavy atom. The molecule has 1 heterocycles. The van der Waals surface area contributed by atoms with Gasteiger partial charge in [0.05, 0.1) is 12.5 Å². The van der Waals surface area contributed by atoms with Gasteiger partial charge in [0, 0.05) is 0 Å². The van der Waals surface area contributed by atoms with Crippen LogP contribution in [0, 0.1) is 17.8 Å². The summed E-state index contributed by atoms with van der Waals surface area (Å²) in [4.78, 5) is 11.4. The standard InChI is InChI=1S/C11H20O2/c1-8(2)4-5-10-9(3)6-7-13-11(10)12/h8-10H,4-7H2,1-3H3/t9-,10-/m1/s1. The summed E-state index contributed by atoms with van der Waals surface area (Å²) in [6.45, 7) is 7.17. The van der Waals surface area contributed by atoms with Gasteiger partial charge in [-0.3, -0.25) is 4.79 Å². The molecule has 0 bridgehead atoms. The van der Waals surface area contributed by atoms with Gasteiger partial charge < -0.3 is 4.74 Å². The smallest absolute Gasteiger partial charge is 0.309 e. The number of rotatable bonds is 3. The summed E-state index contributed by atoms with van der Waals surface area (Å²) in [6, 6.07) is 0. The van der Waals surface area contributed by atoms with Crippen LogP contribution in [-0.2, 0) is 9.53 Å². The summed E-state index contributed by atoms with van der Waals surface area (Å²) in [5.74, 6) is 1.39. The molecule has 1 fully saturated rings. The maximum Gasteiger partial charge on any atom is 0.309 e. The third kappa shape index (κ3) is 3.02. The van der Waals surface area contributed by atoms with Crippen molar-refractivity contribution in [1.82, 2.24) is 0 Å². The molecule has 76 valence electrons. The predicted octanol–water partition coefficient (Wildman–Crippen LogP) is 2.62. The number of hydrogen-bond acceptors (Lipinski definition) is 2. The topological polar surface area (TPSA) is 26.3 Å². The minimum atomic E-state index is 0.0272. The average molecular weight is 184 g/mol. The highest BCUT2D eigenvalue weighted by molar-refractivity contribution is 5.73. The molecule has 0 unspecified atom stereocenters. The van der Waals surface area contributed by atoms with Gasteiger partial charge in [0.1, 0.15) is 0 Å². The number of carbonyl (C=O) groups is 1. The van der Waals surface area contributed by atoms with Gasteiger partial charge in [-0.2, -0.15) is 0 Å². The second kappa shape index (κ2) is 4.64. The molecule has 1 rings (SSSR count). The predicted molar refractivity (Wildman–Crippen MR) is 52.3 cm³/mol. The highest BCUT2D eigenvalue weighted by Gasteiger charge is 2.30. The van der Waals surface area contributed by atoms with E-state index in [1.807, 2.05) is 0 Å². The molecule has 0 spiro atoms. The summed E-state index contributed by atoms with van der Waals surface area (Å²) in [6.07, 6.45) is 3.16. The van der Waals surface area contributed by atoms with E-state index in [0.29, 0.717) is 18.4 Å². The van der Waals surface area contributed by atoms with Crippen LogP contribution in [0.5, 0.6) is 0 Å². The lowest BCUT2D eigenvalue weighted by Gasteiger charge is -2.27. The van der Waals surface area contributed by atoms with Gasteiger partial charge in [0.15, 0.2) is 0 Å². The van der Waals surface area contributed by atoms with E-state index in [9.17, 15) is 4.79 Å². The normalized spacial score (nSPS) is 29.1. The molecular weight excluding hydrogens is 164 g/mol. The first kappa shape index (κ1) is 10.6. The maximum absolute atomic E-state index is 11.4. The zero-order valence-electron chi connectivity index (χ0n) is 8.88. The third-order valence-corrected chi connectivity index (χ3v) is 2.86. The fraction of sp³-hybridized carbons (Fsp3) is 0.909. The molecule has 2 nitrogen and oxygen atoms in total. The molecule has 2 atom stereocenters. The minimum Gasteiger partial charge on any atom is -0.465 e. The molecule has 0 aliphatic carbocycles. The van der Waals surface area contributed by atoms with E-state index in [0.717, 1.165) is 19.3 Å². The molecule has 0 aromatic heterocycles. The zero-order chi connectivity index (χ0) is 9.84. The SMILES string of the molecule is CC(C)CC[C@H]1C(=O)OCC[C@H]1C. The van der Waals surface area contributed by atoms with E-state index < -0.39 is 0 Å². The summed E-state index contributed by atoms with van der Waals surface area (Å²) in [5.41, 5.74) is 0. The molecule has 1 aliphatic heterocycles. The Morgan fingerprint density at radius 3 is 2.77 bits per heavy atom. The van der Waals surface area contributed by atoms with Crippen molar-refractivity contribution < 1.29 is 9.53 Å². The van der Waals surface area contributed by atoms with Crippen LogP contribution in [0.3, 0.4) is 0 Å². The first-order valence-corrected chi connectivity index (χ1v) is 5.28. The van der Waals surface area contributed by atoms with Gasteiger partial charge in [-0.15, -0.1) is 0 Å². The lowest BCUT2D eigenvalue weighted by molar-refractivity contribution is -0.156. The molecule has 0 aromatic carbocycles. The summed E-state index contributed by atoms with van der Waals surface area (Å²) in [7, 11) is 0. The van der Waals surface area contributed by atoms with Gasteiger partial charge in [0.25, 0.3) is 0 Å². The fourth-order valence-electron chi connectivity index (χ4n) is 1.80. The van der Waals surface area contributed by atoms with Crippen LogP contribution in [0.15, 0.2) is 0 Å². The third-order valence-electron chi connectivity index (χ3n) is 2.86. The molecule has 1 saturated heterocycles. The Hall–Kier alpha value is -0.530. The number of cyclic esters (lactones) is 1. The van der Waals surface area contributed by atoms with E-state index in [-0.39, 0.29) is 11.9 Å². The average Bonchev–Trinajstić information content (AvgIpc) is 2.03. The maximum atomic E-state index is 11.4. The number of esters is 1. The van der Waals surface area contributed by atoms with Gasteiger partial charge in [-0.1, -0.05) is 27.2 Å². The van der Waals surface area contributed by atoms with Crippen LogP contribution in [0.25, 0.3) is 0 Å². The number of hydrogen-bond donors (Lipinski definition) is 0. The number of carbonyl (C=O) groups excluding carboxylic acids is 1. The first-order chi connectivity index (χ1) is 6.11. The van der Waals surface area contributed by atoms with E-state index in [1.54, 1.807) is 0 Å². The van der Waals surface area contributed by atoms with Crippen molar-refractivity contribution in [2.75, 3.05) is 6.61 Å². The van der Waals surface area contributed by atoms with Crippen molar-refractivity contribution >= 4 is 5.97 Å². The molecule has 0 amide bonds. The Kier molecular flexibility index (Phi) is 3.76. The Balaban J connectivity index is 2.40. The van der Waals surface area contributed by atoms with Crippen LogP contribution in [0.4, 0.5) is 0 Å². The molecule has 0 saturated carbocycles. The van der Waals surface area contributed by atoms with Crippen LogP contribution in [-0.4, -0.2) is 12.6 Å². The minimum absolute atomic E-state index is 0.0272. The largest absolute Gasteiger partial charge is 0.465 e. The van der Waals surface area contributed by atoms with Crippen molar-refractivity contribution in [2.45, 2.75) is 40.0 Å². The van der Waals surface area contributed by atoms with Gasteiger partial charge in [-0.05, 0) is 24.7 Å². The molecule has 0 N–H and O–H groups in total. The Bertz CT molecular complexity index is 175. The highest BCUT2D eigenvalue weighted by Crippen LogP contribution is 2.27. The quantitative estimate of drug-likeness (QED) is 0.630. The van der Waals surface area contributed by atoms with Crippen LogP contribution in [0.2, 0.25) is 0 Å². The summed E-state index contributed by atoms with van der Waals surface area (Å²) in [5, 5.41) is 0. The lowest BCUT2D eigenvalue weighted by atomic mass is 9.84. The van der Waals surface area contributed by atoms with E-state index in [2.05, 4.69) is 20.8 Å². The Morgan fingerprint density at radius 1 is 1.54 bits per heavy atom. The summed E-state index contributed by atoms with van der Waals surface area (Å²) >= 11 is 0. The Labute approximate surface area is 80.7 Å². The van der Waals surface area contributed by atoms with E-state index in [4.69, 9.17) is 4.74 Å².